The first-order valence-corrected chi connectivity index (χ1v) is 9.07. The molecule has 0 aliphatic carbocycles. The Morgan fingerprint density at radius 1 is 1.35 bits per heavy atom. The molecule has 0 saturated heterocycles. The second-order valence-electron chi connectivity index (χ2n) is 4.85. The van der Waals surface area contributed by atoms with Gasteiger partial charge in [0.1, 0.15) is 4.88 Å². The van der Waals surface area contributed by atoms with Crippen molar-refractivity contribution in [2.45, 2.75) is 36.4 Å². The van der Waals surface area contributed by atoms with E-state index in [0.29, 0.717) is 12.8 Å². The normalized spacial score (nSPS) is 11.7. The van der Waals surface area contributed by atoms with Crippen LogP contribution in [0.15, 0.2) is 10.3 Å². The fourth-order valence-electron chi connectivity index (χ4n) is 1.69. The molecule has 0 spiro atoms. The van der Waals surface area contributed by atoms with Gasteiger partial charge in [0.15, 0.2) is 9.96 Å². The van der Waals surface area contributed by atoms with Crippen LogP contribution in [0.1, 0.15) is 36.4 Å². The molecule has 0 radical (unpaired) electrons. The number of thiophene rings is 1. The van der Waals surface area contributed by atoms with Gasteiger partial charge in [-0.2, -0.15) is 0 Å². The minimum atomic E-state index is -3.82. The molecule has 3 N–H and O–H groups in total. The van der Waals surface area contributed by atoms with Crippen LogP contribution in [0, 0.1) is 0 Å². The molecule has 7 nitrogen and oxygen atoms in total. The van der Waals surface area contributed by atoms with Gasteiger partial charge in [-0.1, -0.05) is 13.8 Å². The predicted molar refractivity (Wildman–Crippen MR) is 92.1 cm³/mol. The van der Waals surface area contributed by atoms with Crippen molar-refractivity contribution in [3.05, 3.63) is 10.9 Å². The maximum atomic E-state index is 12.4. The molecule has 0 aromatic carbocycles. The van der Waals surface area contributed by atoms with Gasteiger partial charge in [-0.25, -0.2) is 17.9 Å². The Labute approximate surface area is 147 Å². The largest absolute Gasteiger partial charge is 0.494 e. The SMILES string of the molecule is CCC(N)(CC)CNS(=O)(=O)c1sc(C(=O)OC)cc1OC.Cl. The third kappa shape index (κ3) is 5.32. The van der Waals surface area contributed by atoms with E-state index in [1.807, 2.05) is 13.8 Å². The Morgan fingerprint density at radius 3 is 2.35 bits per heavy atom. The van der Waals surface area contributed by atoms with Gasteiger partial charge in [0, 0.05) is 18.2 Å². The van der Waals surface area contributed by atoms with Crippen LogP contribution in [0.25, 0.3) is 0 Å². The number of nitrogens with one attached hydrogen (secondary N) is 1. The van der Waals surface area contributed by atoms with Crippen LogP contribution in [-0.2, 0) is 14.8 Å². The highest BCUT2D eigenvalue weighted by Gasteiger charge is 2.29. The number of rotatable bonds is 8. The Kier molecular flexibility index (Phi) is 8.50. The molecular formula is C13H23ClN2O5S2. The summed E-state index contributed by atoms with van der Waals surface area (Å²) >= 11 is 0.799. The molecule has 23 heavy (non-hydrogen) atoms. The van der Waals surface area contributed by atoms with E-state index in [1.54, 1.807) is 0 Å². The van der Waals surface area contributed by atoms with Gasteiger partial charge >= 0.3 is 5.97 Å². The first-order chi connectivity index (χ1) is 10.2. The highest BCUT2D eigenvalue weighted by molar-refractivity contribution is 7.91. The molecule has 1 heterocycles. The molecule has 0 bridgehead atoms. The van der Waals surface area contributed by atoms with Crippen molar-refractivity contribution < 1.29 is 22.7 Å². The Balaban J connectivity index is 0.00000484. The minimum Gasteiger partial charge on any atom is -0.494 e. The standard InChI is InChI=1S/C13H22N2O5S2.ClH/c1-5-13(14,6-2)8-15-22(17,18)12-9(19-3)7-10(21-12)11(16)20-4;/h7,15H,5-6,8,14H2,1-4H3;1H. The summed E-state index contributed by atoms with van der Waals surface area (Å²) in [5.74, 6) is -0.506. The maximum absolute atomic E-state index is 12.4. The number of methoxy groups -OCH3 is 2. The number of ether oxygens (including phenoxy) is 2. The fourth-order valence-corrected chi connectivity index (χ4v) is 4.37. The highest BCUT2D eigenvalue weighted by Crippen LogP contribution is 2.33. The number of hydrogen-bond acceptors (Lipinski definition) is 7. The van der Waals surface area contributed by atoms with Gasteiger partial charge in [-0.15, -0.1) is 23.7 Å². The zero-order valence-corrected chi connectivity index (χ0v) is 16.0. The molecule has 134 valence electrons. The van der Waals surface area contributed by atoms with E-state index in [0.717, 1.165) is 11.3 Å². The lowest BCUT2D eigenvalue weighted by molar-refractivity contribution is 0.0606. The van der Waals surface area contributed by atoms with Gasteiger partial charge in [0.2, 0.25) is 0 Å². The van der Waals surface area contributed by atoms with E-state index in [9.17, 15) is 13.2 Å². The lowest BCUT2D eigenvalue weighted by Crippen LogP contribution is -2.49. The number of halogens is 1. The van der Waals surface area contributed by atoms with E-state index in [4.69, 9.17) is 10.5 Å². The molecule has 0 aliphatic heterocycles. The van der Waals surface area contributed by atoms with E-state index in [-0.39, 0.29) is 33.8 Å². The van der Waals surface area contributed by atoms with Crippen molar-refractivity contribution in [2.24, 2.45) is 5.73 Å². The number of hydrogen-bond donors (Lipinski definition) is 2. The van der Waals surface area contributed by atoms with E-state index >= 15 is 0 Å². The minimum absolute atomic E-state index is 0. The van der Waals surface area contributed by atoms with Gasteiger partial charge in [0.25, 0.3) is 10.0 Å². The number of carbonyl (C=O) groups is 1. The second-order valence-corrected chi connectivity index (χ2v) is 7.87. The third-order valence-electron chi connectivity index (χ3n) is 3.54. The van der Waals surface area contributed by atoms with Crippen LogP contribution >= 0.6 is 23.7 Å². The van der Waals surface area contributed by atoms with Crippen molar-refractivity contribution >= 4 is 39.7 Å². The van der Waals surface area contributed by atoms with E-state index < -0.39 is 21.5 Å². The summed E-state index contributed by atoms with van der Waals surface area (Å²) in [5.41, 5.74) is 5.49. The molecule has 0 aliphatic rings. The molecule has 0 amide bonds. The summed E-state index contributed by atoms with van der Waals surface area (Å²) in [6, 6.07) is 1.35. The van der Waals surface area contributed by atoms with Crippen LogP contribution < -0.4 is 15.2 Å². The molecule has 1 aromatic heterocycles. The average molecular weight is 387 g/mol. The Morgan fingerprint density at radius 2 is 1.91 bits per heavy atom. The van der Waals surface area contributed by atoms with Gasteiger partial charge in [-0.05, 0) is 12.8 Å². The summed E-state index contributed by atoms with van der Waals surface area (Å²) < 4.78 is 36.9. The topological polar surface area (TPSA) is 108 Å². The van der Waals surface area contributed by atoms with Crippen molar-refractivity contribution in [1.82, 2.24) is 4.72 Å². The first-order valence-electron chi connectivity index (χ1n) is 6.77. The smallest absolute Gasteiger partial charge is 0.348 e. The highest BCUT2D eigenvalue weighted by atomic mass is 35.5. The average Bonchev–Trinajstić information content (AvgIpc) is 2.97. The van der Waals surface area contributed by atoms with Gasteiger partial charge in [0.05, 0.1) is 14.2 Å². The molecule has 0 unspecified atom stereocenters. The fraction of sp³-hybridized carbons (Fsp3) is 0.615. The van der Waals surface area contributed by atoms with Crippen molar-refractivity contribution in [3.8, 4) is 5.75 Å². The first kappa shape index (κ1) is 22.1. The lowest BCUT2D eigenvalue weighted by atomic mass is 9.95. The van der Waals surface area contributed by atoms with Gasteiger partial charge in [-0.3, -0.25) is 0 Å². The zero-order valence-electron chi connectivity index (χ0n) is 13.5. The monoisotopic (exact) mass is 386 g/mol. The maximum Gasteiger partial charge on any atom is 0.348 e. The van der Waals surface area contributed by atoms with Crippen LogP contribution in [-0.4, -0.2) is 40.7 Å². The summed E-state index contributed by atoms with van der Waals surface area (Å²) in [6.07, 6.45) is 1.28. The van der Waals surface area contributed by atoms with E-state index in [2.05, 4.69) is 9.46 Å². The van der Waals surface area contributed by atoms with Crippen molar-refractivity contribution in [1.29, 1.82) is 0 Å². The Bertz CT molecular complexity index is 626. The van der Waals surface area contributed by atoms with Gasteiger partial charge < -0.3 is 15.2 Å². The summed E-state index contributed by atoms with van der Waals surface area (Å²) in [7, 11) is -1.25. The molecule has 0 fully saturated rings. The van der Waals surface area contributed by atoms with Crippen LogP contribution in [0.2, 0.25) is 0 Å². The van der Waals surface area contributed by atoms with Crippen LogP contribution in [0.4, 0.5) is 0 Å². The van der Waals surface area contributed by atoms with Crippen LogP contribution in [0.3, 0.4) is 0 Å². The summed E-state index contributed by atoms with van der Waals surface area (Å²) in [6.45, 7) is 3.91. The molecule has 10 heteroatoms. The number of esters is 1. The van der Waals surface area contributed by atoms with Crippen molar-refractivity contribution in [2.75, 3.05) is 20.8 Å². The molecule has 1 rings (SSSR count). The van der Waals surface area contributed by atoms with Crippen molar-refractivity contribution in [3.63, 3.8) is 0 Å². The molecule has 1 aromatic rings. The molecule has 0 atom stereocenters. The lowest BCUT2D eigenvalue weighted by Gasteiger charge is -2.26. The summed E-state index contributed by atoms with van der Waals surface area (Å²) in [4.78, 5) is 11.7. The Hall–Kier alpha value is -0.870. The zero-order chi connectivity index (χ0) is 17.0. The number of sulfonamides is 1. The van der Waals surface area contributed by atoms with Crippen LogP contribution in [0.5, 0.6) is 5.75 Å². The number of nitrogens with two attached hydrogens (primary N) is 1. The molecular weight excluding hydrogens is 364 g/mol. The quantitative estimate of drug-likeness (QED) is 0.659. The third-order valence-corrected chi connectivity index (χ3v) is 6.55. The molecule has 0 saturated carbocycles. The van der Waals surface area contributed by atoms with E-state index in [1.165, 1.54) is 20.3 Å². The predicted octanol–water partition coefficient (Wildman–Crippen LogP) is 1.76. The number of carbonyl (C=O) groups excluding carboxylic acids is 1. The second kappa shape index (κ2) is 8.84. The summed E-state index contributed by atoms with van der Waals surface area (Å²) in [5, 5.41) is 0.